The van der Waals surface area contributed by atoms with Gasteiger partial charge in [-0.15, -0.1) is 0 Å². The number of aryl methyl sites for hydroxylation is 3. The standard InChI is InChI=1S/C23H23ClN4O/c1-5-15-8-6-7-9-17(15)18-12-25-13-19-22(18)28(3)23(26-19)27-21-14(2)10-16(24)11-20(21)29-4/h6-13H,5H2,1-4H3,(H,26,27). The predicted octanol–water partition coefficient (Wildman–Crippen LogP) is 5.91. The maximum atomic E-state index is 6.18. The summed E-state index contributed by atoms with van der Waals surface area (Å²) < 4.78 is 7.58. The zero-order valence-corrected chi connectivity index (χ0v) is 17.7. The van der Waals surface area contributed by atoms with Gasteiger partial charge in [0.15, 0.2) is 0 Å². The van der Waals surface area contributed by atoms with Crippen molar-refractivity contribution in [1.82, 2.24) is 14.5 Å². The van der Waals surface area contributed by atoms with Crippen LogP contribution in [-0.4, -0.2) is 21.6 Å². The quantitative estimate of drug-likeness (QED) is 0.447. The fourth-order valence-corrected chi connectivity index (χ4v) is 3.98. The lowest BCUT2D eigenvalue weighted by atomic mass is 9.98. The second-order valence-corrected chi connectivity index (χ2v) is 7.42. The summed E-state index contributed by atoms with van der Waals surface area (Å²) in [5, 5.41) is 4.06. The van der Waals surface area contributed by atoms with E-state index in [1.165, 1.54) is 11.1 Å². The molecule has 2 aromatic carbocycles. The Morgan fingerprint density at radius 2 is 1.93 bits per heavy atom. The fourth-order valence-electron chi connectivity index (χ4n) is 3.72. The first-order valence-electron chi connectivity index (χ1n) is 9.53. The maximum Gasteiger partial charge on any atom is 0.208 e. The first-order chi connectivity index (χ1) is 14.0. The lowest BCUT2D eigenvalue weighted by molar-refractivity contribution is 0.416. The molecule has 4 rings (SSSR count). The molecule has 5 nitrogen and oxygen atoms in total. The normalized spacial score (nSPS) is 11.1. The SMILES string of the molecule is CCc1ccccc1-c1cncc2nc(Nc3c(C)cc(Cl)cc3OC)n(C)c12. The lowest BCUT2D eigenvalue weighted by Gasteiger charge is -2.14. The third-order valence-electron chi connectivity index (χ3n) is 5.19. The second-order valence-electron chi connectivity index (χ2n) is 6.98. The van der Waals surface area contributed by atoms with Gasteiger partial charge in [0.25, 0.3) is 0 Å². The van der Waals surface area contributed by atoms with Gasteiger partial charge in [0.05, 0.1) is 24.5 Å². The molecule has 148 valence electrons. The first kappa shape index (κ1) is 19.3. The van der Waals surface area contributed by atoms with Crippen molar-refractivity contribution in [3.8, 4) is 16.9 Å². The minimum Gasteiger partial charge on any atom is -0.495 e. The molecular weight excluding hydrogens is 384 g/mol. The van der Waals surface area contributed by atoms with Crippen LogP contribution in [0.25, 0.3) is 22.2 Å². The van der Waals surface area contributed by atoms with E-state index in [0.717, 1.165) is 34.3 Å². The Balaban J connectivity index is 1.87. The number of imidazole rings is 1. The van der Waals surface area contributed by atoms with E-state index in [4.69, 9.17) is 21.3 Å². The summed E-state index contributed by atoms with van der Waals surface area (Å²) in [7, 11) is 3.64. The molecule has 6 heteroatoms. The highest BCUT2D eigenvalue weighted by Crippen LogP contribution is 2.36. The second kappa shape index (κ2) is 7.76. The summed E-state index contributed by atoms with van der Waals surface area (Å²) >= 11 is 6.18. The van der Waals surface area contributed by atoms with Crippen molar-refractivity contribution < 1.29 is 4.74 Å². The molecule has 0 bridgehead atoms. The summed E-state index contributed by atoms with van der Waals surface area (Å²) in [6, 6.07) is 12.1. The van der Waals surface area contributed by atoms with Crippen LogP contribution in [0.5, 0.6) is 5.75 Å². The molecule has 0 amide bonds. The van der Waals surface area contributed by atoms with Gasteiger partial charge in [0.2, 0.25) is 5.95 Å². The molecule has 2 aromatic heterocycles. The first-order valence-corrected chi connectivity index (χ1v) is 9.91. The largest absolute Gasteiger partial charge is 0.495 e. The molecule has 1 N–H and O–H groups in total. The van der Waals surface area contributed by atoms with Crippen LogP contribution in [0, 0.1) is 6.92 Å². The van der Waals surface area contributed by atoms with Gasteiger partial charge in [-0.2, -0.15) is 0 Å². The molecular formula is C23H23ClN4O. The van der Waals surface area contributed by atoms with Crippen LogP contribution in [-0.2, 0) is 13.5 Å². The Morgan fingerprint density at radius 3 is 2.69 bits per heavy atom. The highest BCUT2D eigenvalue weighted by Gasteiger charge is 2.17. The Morgan fingerprint density at radius 1 is 1.14 bits per heavy atom. The van der Waals surface area contributed by atoms with E-state index >= 15 is 0 Å². The van der Waals surface area contributed by atoms with Crippen LogP contribution in [0.3, 0.4) is 0 Å². The summed E-state index contributed by atoms with van der Waals surface area (Å²) in [5.41, 5.74) is 7.24. The Hall–Kier alpha value is -3.05. The van der Waals surface area contributed by atoms with Crippen molar-refractivity contribution in [2.75, 3.05) is 12.4 Å². The van der Waals surface area contributed by atoms with Crippen LogP contribution in [0.2, 0.25) is 5.02 Å². The van der Waals surface area contributed by atoms with E-state index in [9.17, 15) is 0 Å². The molecule has 0 saturated heterocycles. The third-order valence-corrected chi connectivity index (χ3v) is 5.41. The number of methoxy groups -OCH3 is 1. The third kappa shape index (κ3) is 3.42. The maximum absolute atomic E-state index is 6.18. The molecule has 0 saturated carbocycles. The number of rotatable bonds is 5. The number of hydrogen-bond donors (Lipinski definition) is 1. The molecule has 29 heavy (non-hydrogen) atoms. The van der Waals surface area contributed by atoms with Crippen molar-refractivity contribution in [2.24, 2.45) is 7.05 Å². The number of aromatic nitrogens is 3. The number of fused-ring (bicyclic) bond motifs is 1. The number of nitrogens with zero attached hydrogens (tertiary/aromatic N) is 3. The summed E-state index contributed by atoms with van der Waals surface area (Å²) in [5.74, 6) is 1.39. The summed E-state index contributed by atoms with van der Waals surface area (Å²) in [6.45, 7) is 4.15. The van der Waals surface area contributed by atoms with Gasteiger partial charge in [-0.3, -0.25) is 4.98 Å². The van der Waals surface area contributed by atoms with E-state index in [1.807, 2.05) is 26.2 Å². The van der Waals surface area contributed by atoms with Gasteiger partial charge in [-0.1, -0.05) is 42.8 Å². The molecule has 0 radical (unpaired) electrons. The summed E-state index contributed by atoms with van der Waals surface area (Å²) in [6.07, 6.45) is 4.66. The molecule has 2 heterocycles. The molecule has 4 aromatic rings. The molecule has 0 spiro atoms. The highest BCUT2D eigenvalue weighted by atomic mass is 35.5. The predicted molar refractivity (Wildman–Crippen MR) is 119 cm³/mol. The van der Waals surface area contributed by atoms with Crippen molar-refractivity contribution in [1.29, 1.82) is 0 Å². The van der Waals surface area contributed by atoms with Gasteiger partial charge < -0.3 is 14.6 Å². The molecule has 0 aliphatic carbocycles. The van der Waals surface area contributed by atoms with E-state index < -0.39 is 0 Å². The van der Waals surface area contributed by atoms with Crippen LogP contribution >= 0.6 is 11.6 Å². The fraction of sp³-hybridized carbons (Fsp3) is 0.217. The Labute approximate surface area is 175 Å². The van der Waals surface area contributed by atoms with Gasteiger partial charge >= 0.3 is 0 Å². The topological polar surface area (TPSA) is 52.0 Å². The Kier molecular flexibility index (Phi) is 5.16. The monoisotopic (exact) mass is 406 g/mol. The summed E-state index contributed by atoms with van der Waals surface area (Å²) in [4.78, 5) is 9.23. The number of halogens is 1. The van der Waals surface area contributed by atoms with Gasteiger partial charge in [-0.05, 0) is 36.1 Å². The zero-order chi connectivity index (χ0) is 20.5. The van der Waals surface area contributed by atoms with Crippen LogP contribution < -0.4 is 10.1 Å². The molecule has 0 unspecified atom stereocenters. The van der Waals surface area contributed by atoms with Crippen molar-refractivity contribution in [2.45, 2.75) is 20.3 Å². The average Bonchev–Trinajstić information content (AvgIpc) is 3.05. The van der Waals surface area contributed by atoms with Crippen molar-refractivity contribution in [3.05, 3.63) is 64.9 Å². The number of benzene rings is 2. The van der Waals surface area contributed by atoms with E-state index in [2.05, 4.69) is 46.1 Å². The number of anilines is 2. The molecule has 0 aliphatic rings. The lowest BCUT2D eigenvalue weighted by Crippen LogP contribution is -2.03. The van der Waals surface area contributed by atoms with Crippen LogP contribution in [0.4, 0.5) is 11.6 Å². The molecule has 0 atom stereocenters. The Bertz CT molecular complexity index is 1200. The van der Waals surface area contributed by atoms with E-state index in [-0.39, 0.29) is 0 Å². The van der Waals surface area contributed by atoms with Crippen LogP contribution in [0.15, 0.2) is 48.8 Å². The van der Waals surface area contributed by atoms with Gasteiger partial charge in [0, 0.05) is 29.9 Å². The minimum absolute atomic E-state index is 0.637. The number of pyridine rings is 1. The molecule has 0 fully saturated rings. The number of ether oxygens (including phenoxy) is 1. The highest BCUT2D eigenvalue weighted by molar-refractivity contribution is 6.31. The number of nitrogens with one attached hydrogen (secondary N) is 1. The van der Waals surface area contributed by atoms with Crippen molar-refractivity contribution in [3.63, 3.8) is 0 Å². The van der Waals surface area contributed by atoms with E-state index in [1.54, 1.807) is 19.4 Å². The van der Waals surface area contributed by atoms with Crippen LogP contribution in [0.1, 0.15) is 18.1 Å². The average molecular weight is 407 g/mol. The zero-order valence-electron chi connectivity index (χ0n) is 17.0. The smallest absolute Gasteiger partial charge is 0.208 e. The van der Waals surface area contributed by atoms with Gasteiger partial charge in [0.1, 0.15) is 11.3 Å². The van der Waals surface area contributed by atoms with Gasteiger partial charge in [-0.25, -0.2) is 4.98 Å². The van der Waals surface area contributed by atoms with Crippen molar-refractivity contribution >= 4 is 34.3 Å². The molecule has 0 aliphatic heterocycles. The van der Waals surface area contributed by atoms with E-state index in [0.29, 0.717) is 16.7 Å². The minimum atomic E-state index is 0.637. The number of hydrogen-bond acceptors (Lipinski definition) is 4.